The van der Waals surface area contributed by atoms with Crippen molar-refractivity contribution in [3.63, 3.8) is 0 Å². The van der Waals surface area contributed by atoms with Gasteiger partial charge in [0.2, 0.25) is 0 Å². The predicted octanol–water partition coefficient (Wildman–Crippen LogP) is 7.69. The molecule has 0 spiro atoms. The van der Waals surface area contributed by atoms with Crippen LogP contribution in [0, 0.1) is 0 Å². The van der Waals surface area contributed by atoms with Gasteiger partial charge in [-0.15, -0.1) is 0 Å². The van der Waals surface area contributed by atoms with Crippen molar-refractivity contribution in [1.82, 2.24) is 0 Å². The predicted molar refractivity (Wildman–Crippen MR) is 165 cm³/mol. The third kappa shape index (κ3) is 8.39. The summed E-state index contributed by atoms with van der Waals surface area (Å²) in [6, 6.07) is 41.2. The van der Waals surface area contributed by atoms with Gasteiger partial charge in [-0.1, -0.05) is 144 Å². The molecule has 0 saturated carbocycles. The zero-order valence-electron chi connectivity index (χ0n) is 21.7. The Morgan fingerprint density at radius 2 is 1.05 bits per heavy atom. The van der Waals surface area contributed by atoms with Crippen molar-refractivity contribution in [1.29, 1.82) is 0 Å². The Bertz CT molecular complexity index is 1230. The molecule has 0 bridgehead atoms. The Kier molecular flexibility index (Phi) is 10.9. The van der Waals surface area contributed by atoms with Crippen molar-refractivity contribution in [2.45, 2.75) is 52.4 Å². The lowest BCUT2D eigenvalue weighted by Crippen LogP contribution is -2.57. The van der Waals surface area contributed by atoms with Crippen LogP contribution in [0.3, 0.4) is 0 Å². The minimum atomic E-state index is -0.292. The first-order valence-electron chi connectivity index (χ1n) is 13.2. The lowest BCUT2D eigenvalue weighted by Gasteiger charge is -2.44. The standard InChI is InChI=1S/C33H33IO4S/c34-30-32(37-23-27-17-9-3-10-18-27)31(36-22-26-15-7-2-8-16-26)29(24-35-21-25-13-5-1-6-14-25)38-33(30)39-28-19-11-4-12-20-28/h1-20,29-33H,21-24H2/t29-,30+,31+,32-,33?/m1/s1. The molecule has 0 radical (unpaired) electrons. The molecule has 0 N–H and O–H groups in total. The average molecular weight is 653 g/mol. The third-order valence-electron chi connectivity index (χ3n) is 6.53. The second kappa shape index (κ2) is 15.0. The Hall–Kier alpha value is -2.20. The smallest absolute Gasteiger partial charge is 0.122 e. The number of hydrogen-bond acceptors (Lipinski definition) is 5. The van der Waals surface area contributed by atoms with Crippen LogP contribution >= 0.6 is 34.4 Å². The van der Waals surface area contributed by atoms with Gasteiger partial charge in [0, 0.05) is 4.90 Å². The summed E-state index contributed by atoms with van der Waals surface area (Å²) in [5, 5.41) is 0. The van der Waals surface area contributed by atoms with Crippen LogP contribution in [0.2, 0.25) is 0 Å². The van der Waals surface area contributed by atoms with Gasteiger partial charge in [0.15, 0.2) is 0 Å². The van der Waals surface area contributed by atoms with Gasteiger partial charge in [0.1, 0.15) is 23.7 Å². The molecule has 202 valence electrons. The first-order valence-corrected chi connectivity index (χ1v) is 15.3. The van der Waals surface area contributed by atoms with Crippen LogP contribution in [0.25, 0.3) is 0 Å². The minimum absolute atomic E-state index is 0.0580. The second-order valence-corrected chi connectivity index (χ2v) is 12.1. The molecule has 4 nitrogen and oxygen atoms in total. The largest absolute Gasteiger partial charge is 0.374 e. The lowest BCUT2D eigenvalue weighted by molar-refractivity contribution is -0.199. The van der Waals surface area contributed by atoms with Crippen LogP contribution in [-0.4, -0.2) is 34.3 Å². The summed E-state index contributed by atoms with van der Waals surface area (Å²) in [5.74, 6) is 0. The molecule has 0 amide bonds. The molecule has 6 heteroatoms. The zero-order chi connectivity index (χ0) is 26.7. The summed E-state index contributed by atoms with van der Waals surface area (Å²) >= 11 is 4.21. The number of halogens is 1. The Labute approximate surface area is 249 Å². The van der Waals surface area contributed by atoms with E-state index in [4.69, 9.17) is 18.9 Å². The molecule has 1 fully saturated rings. The fraction of sp³-hybridized carbons (Fsp3) is 0.273. The van der Waals surface area contributed by atoms with E-state index in [-0.39, 0.29) is 27.7 Å². The molecule has 4 aromatic rings. The van der Waals surface area contributed by atoms with Gasteiger partial charge in [-0.25, -0.2) is 0 Å². The van der Waals surface area contributed by atoms with Crippen LogP contribution < -0.4 is 0 Å². The number of ether oxygens (including phenoxy) is 4. The maximum absolute atomic E-state index is 6.75. The molecule has 1 aliphatic heterocycles. The molecular weight excluding hydrogens is 619 g/mol. The quantitative estimate of drug-likeness (QED) is 0.116. The number of alkyl halides is 1. The summed E-state index contributed by atoms with van der Waals surface area (Å²) in [5.41, 5.74) is 3.28. The highest BCUT2D eigenvalue weighted by molar-refractivity contribution is 14.1. The molecule has 4 aromatic carbocycles. The van der Waals surface area contributed by atoms with E-state index < -0.39 is 0 Å². The zero-order valence-corrected chi connectivity index (χ0v) is 24.7. The normalized spacial score (nSPS) is 22.9. The van der Waals surface area contributed by atoms with Gasteiger partial charge in [0.05, 0.1) is 30.4 Å². The number of benzene rings is 4. The molecule has 5 rings (SSSR count). The van der Waals surface area contributed by atoms with Gasteiger partial charge in [-0.05, 0) is 28.8 Å². The van der Waals surface area contributed by atoms with Crippen molar-refractivity contribution < 1.29 is 18.9 Å². The number of rotatable bonds is 12. The van der Waals surface area contributed by atoms with Gasteiger partial charge < -0.3 is 18.9 Å². The first-order chi connectivity index (χ1) is 19.3. The third-order valence-corrected chi connectivity index (χ3v) is 9.56. The van der Waals surface area contributed by atoms with Crippen molar-refractivity contribution in [3.05, 3.63) is 138 Å². The summed E-state index contributed by atoms with van der Waals surface area (Å²) in [6.07, 6.45) is -0.764. The van der Waals surface area contributed by atoms with E-state index in [0.29, 0.717) is 26.4 Å². The highest BCUT2D eigenvalue weighted by atomic mass is 127. The van der Waals surface area contributed by atoms with Gasteiger partial charge >= 0.3 is 0 Å². The summed E-state index contributed by atoms with van der Waals surface area (Å²) in [7, 11) is 0. The molecule has 1 heterocycles. The van der Waals surface area contributed by atoms with Gasteiger partial charge in [0.25, 0.3) is 0 Å². The van der Waals surface area contributed by atoms with Crippen molar-refractivity contribution in [2.24, 2.45) is 0 Å². The minimum Gasteiger partial charge on any atom is -0.374 e. The molecular formula is C33H33IO4S. The monoisotopic (exact) mass is 652 g/mol. The first kappa shape index (κ1) is 28.3. The Morgan fingerprint density at radius 3 is 1.59 bits per heavy atom. The highest BCUT2D eigenvalue weighted by Gasteiger charge is 2.47. The summed E-state index contributed by atoms with van der Waals surface area (Å²) in [6.45, 7) is 1.92. The molecule has 1 unspecified atom stereocenters. The second-order valence-electron chi connectivity index (χ2n) is 9.44. The van der Waals surface area contributed by atoms with Crippen molar-refractivity contribution >= 4 is 34.4 Å². The van der Waals surface area contributed by atoms with Gasteiger partial charge in [-0.2, -0.15) is 0 Å². The van der Waals surface area contributed by atoms with Crippen LogP contribution in [0.1, 0.15) is 16.7 Å². The maximum Gasteiger partial charge on any atom is 0.122 e. The number of thioether (sulfide) groups is 1. The number of hydrogen-bond donors (Lipinski definition) is 0. The van der Waals surface area contributed by atoms with E-state index in [9.17, 15) is 0 Å². The van der Waals surface area contributed by atoms with Crippen LogP contribution in [-0.2, 0) is 38.8 Å². The average Bonchev–Trinajstić information content (AvgIpc) is 2.99. The molecule has 0 aromatic heterocycles. The van der Waals surface area contributed by atoms with Crippen LogP contribution in [0.4, 0.5) is 0 Å². The molecule has 0 aliphatic carbocycles. The Balaban J connectivity index is 1.37. The molecule has 5 atom stereocenters. The molecule has 1 aliphatic rings. The van der Waals surface area contributed by atoms with E-state index in [1.54, 1.807) is 11.8 Å². The SMILES string of the molecule is I[C@@H]1C(Sc2ccccc2)O[C@H](COCc2ccccc2)[C@H](OCc2ccccc2)[C@@H]1OCc1ccccc1. The lowest BCUT2D eigenvalue weighted by atomic mass is 10.0. The summed E-state index contributed by atoms with van der Waals surface area (Å²) < 4.78 is 26.3. The fourth-order valence-corrected chi connectivity index (χ4v) is 6.81. The van der Waals surface area contributed by atoms with Crippen LogP contribution in [0.15, 0.2) is 126 Å². The van der Waals surface area contributed by atoms with E-state index in [1.165, 1.54) is 4.90 Å². The summed E-state index contributed by atoms with van der Waals surface area (Å²) in [4.78, 5) is 1.17. The topological polar surface area (TPSA) is 36.9 Å². The maximum atomic E-state index is 6.75. The highest BCUT2D eigenvalue weighted by Crippen LogP contribution is 2.40. The van der Waals surface area contributed by atoms with Crippen LogP contribution in [0.5, 0.6) is 0 Å². The van der Waals surface area contributed by atoms with E-state index in [1.807, 2.05) is 60.7 Å². The Morgan fingerprint density at radius 1 is 0.590 bits per heavy atom. The van der Waals surface area contributed by atoms with Crippen molar-refractivity contribution in [3.8, 4) is 0 Å². The van der Waals surface area contributed by atoms with E-state index in [2.05, 4.69) is 83.3 Å². The van der Waals surface area contributed by atoms with Gasteiger partial charge in [-0.3, -0.25) is 0 Å². The van der Waals surface area contributed by atoms with Crippen molar-refractivity contribution in [2.75, 3.05) is 6.61 Å². The molecule has 1 saturated heterocycles. The van der Waals surface area contributed by atoms with E-state index in [0.717, 1.165) is 16.7 Å². The van der Waals surface area contributed by atoms with E-state index >= 15 is 0 Å². The molecule has 39 heavy (non-hydrogen) atoms. The fourth-order valence-electron chi connectivity index (χ4n) is 4.52.